The fraction of sp³-hybridized carbons (Fsp3) is 0.286. The first-order valence-electron chi connectivity index (χ1n) is 3.24. The summed E-state index contributed by atoms with van der Waals surface area (Å²) >= 11 is 14.2. The monoisotopic (exact) mass is 289 g/mol. The topological polar surface area (TPSA) is 12.9 Å². The zero-order valence-corrected chi connectivity index (χ0v) is 9.30. The van der Waals surface area contributed by atoms with E-state index in [9.17, 15) is 8.78 Å². The lowest BCUT2D eigenvalue weighted by atomic mass is 10.2. The van der Waals surface area contributed by atoms with Gasteiger partial charge < -0.3 is 0 Å². The van der Waals surface area contributed by atoms with E-state index in [4.69, 9.17) is 23.2 Å². The van der Waals surface area contributed by atoms with E-state index in [1.54, 1.807) is 0 Å². The van der Waals surface area contributed by atoms with Gasteiger partial charge in [0.15, 0.2) is 0 Å². The molecule has 72 valence electrons. The molecule has 0 aliphatic heterocycles. The Kier molecular flexibility index (Phi) is 3.88. The lowest BCUT2D eigenvalue weighted by molar-refractivity contribution is 0.145. The molecule has 0 saturated heterocycles. The molecular formula is C7H4BrCl2F2N. The molecule has 0 unspecified atom stereocenters. The summed E-state index contributed by atoms with van der Waals surface area (Å²) < 4.78 is 25.1. The molecule has 0 atom stereocenters. The number of hydrogen-bond donors (Lipinski definition) is 0. The maximum absolute atomic E-state index is 12.3. The van der Waals surface area contributed by atoms with Crippen LogP contribution in [0.1, 0.15) is 17.7 Å². The first-order valence-corrected chi connectivity index (χ1v) is 4.95. The van der Waals surface area contributed by atoms with Crippen molar-refractivity contribution in [3.63, 3.8) is 0 Å². The second-order valence-corrected chi connectivity index (χ2v) is 3.69. The summed E-state index contributed by atoms with van der Waals surface area (Å²) in [5, 5.41) is 0.278. The first-order chi connectivity index (χ1) is 6.07. The minimum absolute atomic E-state index is 0.0478. The Morgan fingerprint density at radius 3 is 2.62 bits per heavy atom. The summed E-state index contributed by atoms with van der Waals surface area (Å²) in [5.74, 6) is -0.0478. The average Bonchev–Trinajstić information content (AvgIpc) is 2.09. The van der Waals surface area contributed by atoms with Crippen molar-refractivity contribution in [2.24, 2.45) is 0 Å². The molecule has 1 rings (SSSR count). The van der Waals surface area contributed by atoms with Crippen LogP contribution in [0.5, 0.6) is 0 Å². The van der Waals surface area contributed by atoms with Crippen LogP contribution in [0.2, 0.25) is 5.02 Å². The van der Waals surface area contributed by atoms with Crippen LogP contribution < -0.4 is 0 Å². The van der Waals surface area contributed by atoms with Crippen molar-refractivity contribution in [3.05, 3.63) is 26.9 Å². The minimum atomic E-state index is -2.64. The molecule has 1 aromatic rings. The van der Waals surface area contributed by atoms with Crippen LogP contribution in [-0.4, -0.2) is 4.98 Å². The fourth-order valence-corrected chi connectivity index (χ4v) is 1.87. The van der Waals surface area contributed by atoms with E-state index in [0.717, 1.165) is 0 Å². The summed E-state index contributed by atoms with van der Waals surface area (Å²) in [6.45, 7) is 0. The van der Waals surface area contributed by atoms with E-state index >= 15 is 0 Å². The molecule has 0 spiro atoms. The van der Waals surface area contributed by atoms with Crippen molar-refractivity contribution >= 4 is 39.1 Å². The minimum Gasteiger partial charge on any atom is -0.253 e. The second-order valence-electron chi connectivity index (χ2n) is 2.22. The van der Waals surface area contributed by atoms with Crippen molar-refractivity contribution in [1.82, 2.24) is 4.98 Å². The van der Waals surface area contributed by atoms with E-state index in [0.29, 0.717) is 4.47 Å². The number of hydrogen-bond acceptors (Lipinski definition) is 1. The third kappa shape index (κ3) is 2.30. The Morgan fingerprint density at radius 2 is 2.15 bits per heavy atom. The standard InChI is InChI=1S/C7H4BrCl2F2N/c8-5-3(1-9)6(7(11)12)13-2-4(5)10/h2,7H,1H2. The van der Waals surface area contributed by atoms with Gasteiger partial charge in [0, 0.05) is 16.2 Å². The molecule has 0 fully saturated rings. The molecule has 0 bridgehead atoms. The summed E-state index contributed by atoms with van der Waals surface area (Å²) in [6, 6.07) is 0. The summed E-state index contributed by atoms with van der Waals surface area (Å²) in [4.78, 5) is 3.51. The first kappa shape index (κ1) is 11.1. The normalized spacial score (nSPS) is 10.9. The molecule has 1 aromatic heterocycles. The average molecular weight is 291 g/mol. The van der Waals surface area contributed by atoms with Gasteiger partial charge in [-0.25, -0.2) is 8.78 Å². The number of nitrogens with zero attached hydrogens (tertiary/aromatic N) is 1. The van der Waals surface area contributed by atoms with Gasteiger partial charge in [-0.1, -0.05) is 11.6 Å². The Hall–Kier alpha value is 0.0700. The van der Waals surface area contributed by atoms with Crippen LogP contribution in [0.25, 0.3) is 0 Å². The zero-order valence-electron chi connectivity index (χ0n) is 6.20. The van der Waals surface area contributed by atoms with Gasteiger partial charge >= 0.3 is 0 Å². The third-order valence-electron chi connectivity index (χ3n) is 1.44. The molecule has 1 heterocycles. The van der Waals surface area contributed by atoms with E-state index in [-0.39, 0.29) is 22.2 Å². The Morgan fingerprint density at radius 1 is 1.54 bits per heavy atom. The Bertz CT molecular complexity index is 320. The molecule has 1 nitrogen and oxygen atoms in total. The van der Waals surface area contributed by atoms with Crippen LogP contribution in [-0.2, 0) is 5.88 Å². The third-order valence-corrected chi connectivity index (χ3v) is 3.13. The summed E-state index contributed by atoms with van der Waals surface area (Å²) in [5.41, 5.74) is -0.0876. The summed E-state index contributed by atoms with van der Waals surface area (Å²) in [6.07, 6.45) is -1.47. The van der Waals surface area contributed by atoms with E-state index in [1.807, 2.05) is 0 Å². The highest BCUT2D eigenvalue weighted by atomic mass is 79.9. The maximum Gasteiger partial charge on any atom is 0.280 e. The van der Waals surface area contributed by atoms with Gasteiger partial charge in [-0.3, -0.25) is 4.98 Å². The molecule has 6 heteroatoms. The summed E-state index contributed by atoms with van der Waals surface area (Å²) in [7, 11) is 0. The van der Waals surface area contributed by atoms with Gasteiger partial charge in [0.05, 0.1) is 10.9 Å². The van der Waals surface area contributed by atoms with Gasteiger partial charge in [-0.05, 0) is 15.9 Å². The number of rotatable bonds is 2. The smallest absolute Gasteiger partial charge is 0.253 e. The van der Waals surface area contributed by atoms with Crippen LogP contribution in [0, 0.1) is 0 Å². The lowest BCUT2D eigenvalue weighted by Crippen LogP contribution is -1.98. The number of pyridine rings is 1. The highest BCUT2D eigenvalue weighted by molar-refractivity contribution is 9.10. The van der Waals surface area contributed by atoms with Crippen molar-refractivity contribution in [2.45, 2.75) is 12.3 Å². The number of aromatic nitrogens is 1. The van der Waals surface area contributed by atoms with Gasteiger partial charge in [-0.15, -0.1) is 11.6 Å². The second kappa shape index (κ2) is 4.53. The largest absolute Gasteiger partial charge is 0.280 e. The number of halogens is 5. The van der Waals surface area contributed by atoms with Crippen LogP contribution >= 0.6 is 39.1 Å². The molecule has 0 amide bonds. The van der Waals surface area contributed by atoms with Crippen LogP contribution in [0.3, 0.4) is 0 Å². The van der Waals surface area contributed by atoms with E-state index in [1.165, 1.54) is 6.20 Å². The fourth-order valence-electron chi connectivity index (χ4n) is 0.833. The van der Waals surface area contributed by atoms with Crippen molar-refractivity contribution in [3.8, 4) is 0 Å². The molecule has 0 aliphatic carbocycles. The highest BCUT2D eigenvalue weighted by Gasteiger charge is 2.18. The van der Waals surface area contributed by atoms with Gasteiger partial charge in [-0.2, -0.15) is 0 Å². The van der Waals surface area contributed by atoms with Gasteiger partial charge in [0.1, 0.15) is 5.69 Å². The van der Waals surface area contributed by atoms with Crippen molar-refractivity contribution in [1.29, 1.82) is 0 Å². The van der Waals surface area contributed by atoms with Crippen LogP contribution in [0.15, 0.2) is 10.7 Å². The predicted octanol–water partition coefficient (Wildman–Crippen LogP) is 4.17. The molecule has 0 radical (unpaired) electrons. The van der Waals surface area contributed by atoms with Gasteiger partial charge in [0.2, 0.25) is 0 Å². The molecule has 0 aliphatic rings. The Labute approximate surface area is 92.2 Å². The van der Waals surface area contributed by atoms with Crippen LogP contribution in [0.4, 0.5) is 8.78 Å². The molecule has 0 saturated carbocycles. The lowest BCUT2D eigenvalue weighted by Gasteiger charge is -2.07. The molecule has 0 aromatic carbocycles. The quantitative estimate of drug-likeness (QED) is 0.745. The molecule has 0 N–H and O–H groups in total. The number of alkyl halides is 3. The van der Waals surface area contributed by atoms with Crippen molar-refractivity contribution in [2.75, 3.05) is 0 Å². The zero-order chi connectivity index (χ0) is 10.0. The van der Waals surface area contributed by atoms with Crippen molar-refractivity contribution < 1.29 is 8.78 Å². The molecule has 13 heavy (non-hydrogen) atoms. The van der Waals surface area contributed by atoms with Gasteiger partial charge in [0.25, 0.3) is 6.43 Å². The molecular weight excluding hydrogens is 287 g/mol. The van der Waals surface area contributed by atoms with E-state index in [2.05, 4.69) is 20.9 Å². The highest BCUT2D eigenvalue weighted by Crippen LogP contribution is 2.32. The maximum atomic E-state index is 12.3. The SMILES string of the molecule is FC(F)c1ncc(Cl)c(Br)c1CCl. The Balaban J connectivity index is 3.30. The van der Waals surface area contributed by atoms with E-state index < -0.39 is 6.43 Å². The predicted molar refractivity (Wildman–Crippen MR) is 51.5 cm³/mol.